The molecule has 2 aliphatic heterocycles. The van der Waals surface area contributed by atoms with Crippen LogP contribution in [0, 0.1) is 0 Å². The van der Waals surface area contributed by atoms with Crippen molar-refractivity contribution in [3.8, 4) is 0 Å². The summed E-state index contributed by atoms with van der Waals surface area (Å²) in [5.41, 5.74) is 0. The highest BCUT2D eigenvalue weighted by Gasteiger charge is 2.55. The van der Waals surface area contributed by atoms with E-state index in [4.69, 9.17) is 23.1 Å². The Labute approximate surface area is 141 Å². The molecule has 4 atom stereocenters. The normalized spacial score (nSPS) is 33.3. The molecule has 0 bridgehead atoms. The lowest BCUT2D eigenvalue weighted by molar-refractivity contribution is -0.176. The Bertz CT molecular complexity index is 583. The lowest BCUT2D eigenvalue weighted by Crippen LogP contribution is -2.49. The summed E-state index contributed by atoms with van der Waals surface area (Å²) in [4.78, 5) is 12.1. The maximum Gasteiger partial charge on any atom is 0.339 e. The van der Waals surface area contributed by atoms with Gasteiger partial charge < -0.3 is 23.7 Å². The van der Waals surface area contributed by atoms with Gasteiger partial charge in [-0.3, -0.25) is 4.18 Å². The molecular formula is C14H24O9S. The highest BCUT2D eigenvalue weighted by molar-refractivity contribution is 7.86. The van der Waals surface area contributed by atoms with Crippen LogP contribution in [-0.2, 0) is 42.8 Å². The molecule has 2 rings (SSSR count). The molecule has 24 heavy (non-hydrogen) atoms. The quantitative estimate of drug-likeness (QED) is 0.496. The van der Waals surface area contributed by atoms with Crippen LogP contribution < -0.4 is 0 Å². The third-order valence-electron chi connectivity index (χ3n) is 3.57. The molecule has 0 radical (unpaired) electrons. The minimum absolute atomic E-state index is 0.209. The standard InChI is InChI=1S/C14H24O9S/c1-13(2)19-7-8(20-13)9-10(22-14(3,4)21-9)11(12(15)18-5)23-24(6,16)17/h8-11H,7H2,1-6H3/t8-,9+,10-,11-/m1/s1. The van der Waals surface area contributed by atoms with Gasteiger partial charge in [-0.05, 0) is 27.7 Å². The molecular weight excluding hydrogens is 344 g/mol. The molecule has 9 nitrogen and oxygen atoms in total. The zero-order valence-corrected chi connectivity index (χ0v) is 15.4. The average Bonchev–Trinajstić information content (AvgIpc) is 2.93. The predicted molar refractivity (Wildman–Crippen MR) is 80.5 cm³/mol. The molecule has 0 aromatic heterocycles. The highest BCUT2D eigenvalue weighted by Crippen LogP contribution is 2.37. The van der Waals surface area contributed by atoms with Gasteiger partial charge in [0.1, 0.15) is 18.3 Å². The van der Waals surface area contributed by atoms with Crippen molar-refractivity contribution in [1.82, 2.24) is 0 Å². The van der Waals surface area contributed by atoms with Gasteiger partial charge in [-0.15, -0.1) is 0 Å². The van der Waals surface area contributed by atoms with E-state index in [1.165, 1.54) is 0 Å². The number of esters is 1. The van der Waals surface area contributed by atoms with Crippen LogP contribution in [0.2, 0.25) is 0 Å². The van der Waals surface area contributed by atoms with Crippen LogP contribution in [0.25, 0.3) is 0 Å². The molecule has 140 valence electrons. The third kappa shape index (κ3) is 4.64. The topological polar surface area (TPSA) is 107 Å². The van der Waals surface area contributed by atoms with Crippen molar-refractivity contribution in [2.45, 2.75) is 63.7 Å². The first-order valence-corrected chi connectivity index (χ1v) is 9.29. The van der Waals surface area contributed by atoms with Gasteiger partial charge in [0.25, 0.3) is 10.1 Å². The summed E-state index contributed by atoms with van der Waals surface area (Å²) in [6.07, 6.45) is -3.03. The van der Waals surface area contributed by atoms with Crippen LogP contribution in [0.1, 0.15) is 27.7 Å². The first kappa shape index (κ1) is 19.5. The SMILES string of the molecule is COC(=O)[C@H](OS(C)(=O)=O)[C@@H]1OC(C)(C)O[C@H]1[C@H]1COC(C)(C)O1. The van der Waals surface area contributed by atoms with Gasteiger partial charge >= 0.3 is 5.97 Å². The molecule has 2 heterocycles. The second-order valence-electron chi connectivity index (χ2n) is 6.68. The van der Waals surface area contributed by atoms with E-state index >= 15 is 0 Å². The molecule has 2 saturated heterocycles. The summed E-state index contributed by atoms with van der Waals surface area (Å²) >= 11 is 0. The van der Waals surface area contributed by atoms with E-state index in [-0.39, 0.29) is 6.61 Å². The third-order valence-corrected chi connectivity index (χ3v) is 4.13. The fourth-order valence-electron chi connectivity index (χ4n) is 2.75. The van der Waals surface area contributed by atoms with E-state index in [0.29, 0.717) is 0 Å². The van der Waals surface area contributed by atoms with Crippen molar-refractivity contribution in [3.05, 3.63) is 0 Å². The maximum absolute atomic E-state index is 12.1. The van der Waals surface area contributed by atoms with Gasteiger partial charge in [0.2, 0.25) is 6.10 Å². The summed E-state index contributed by atoms with van der Waals surface area (Å²) in [6.45, 7) is 6.99. The summed E-state index contributed by atoms with van der Waals surface area (Å²) in [7, 11) is -2.80. The van der Waals surface area contributed by atoms with Crippen LogP contribution >= 0.6 is 0 Å². The molecule has 0 aromatic rings. The van der Waals surface area contributed by atoms with Crippen LogP contribution in [0.15, 0.2) is 0 Å². The Morgan fingerprint density at radius 3 is 2.21 bits per heavy atom. The predicted octanol–water partition coefficient (Wildman–Crippen LogP) is 0.176. The van der Waals surface area contributed by atoms with Crippen LogP contribution in [-0.4, -0.2) is 70.3 Å². The number of carbonyl (C=O) groups excluding carboxylic acids is 1. The minimum atomic E-state index is -3.93. The molecule has 2 aliphatic rings. The van der Waals surface area contributed by atoms with Crippen molar-refractivity contribution < 1.29 is 41.1 Å². The number of hydrogen-bond donors (Lipinski definition) is 0. The van der Waals surface area contributed by atoms with E-state index < -0.39 is 52.1 Å². The summed E-state index contributed by atoms with van der Waals surface area (Å²) in [6, 6.07) is 0. The number of methoxy groups -OCH3 is 1. The lowest BCUT2D eigenvalue weighted by atomic mass is 10.0. The zero-order chi connectivity index (χ0) is 18.3. The Hall–Kier alpha value is -0.780. The number of carbonyl (C=O) groups is 1. The zero-order valence-electron chi connectivity index (χ0n) is 14.6. The summed E-state index contributed by atoms with van der Waals surface area (Å²) < 4.78 is 55.4. The average molecular weight is 368 g/mol. The largest absolute Gasteiger partial charge is 0.467 e. The molecule has 10 heteroatoms. The van der Waals surface area contributed by atoms with Crippen molar-refractivity contribution in [2.75, 3.05) is 20.0 Å². The molecule has 0 spiro atoms. The first-order chi connectivity index (χ1) is 10.8. The van der Waals surface area contributed by atoms with E-state index in [9.17, 15) is 13.2 Å². The van der Waals surface area contributed by atoms with Gasteiger partial charge in [0, 0.05) is 0 Å². The van der Waals surface area contributed by atoms with Crippen molar-refractivity contribution in [3.63, 3.8) is 0 Å². The second-order valence-corrected chi connectivity index (χ2v) is 8.28. The van der Waals surface area contributed by atoms with Gasteiger partial charge in [0.05, 0.1) is 20.0 Å². The van der Waals surface area contributed by atoms with Crippen molar-refractivity contribution in [1.29, 1.82) is 0 Å². The number of ether oxygens (including phenoxy) is 5. The lowest BCUT2D eigenvalue weighted by Gasteiger charge is -2.27. The molecule has 0 saturated carbocycles. The Morgan fingerprint density at radius 1 is 1.12 bits per heavy atom. The summed E-state index contributed by atoms with van der Waals surface area (Å²) in [5, 5.41) is 0. The van der Waals surface area contributed by atoms with Crippen LogP contribution in [0.4, 0.5) is 0 Å². The Balaban J connectivity index is 2.29. The van der Waals surface area contributed by atoms with Gasteiger partial charge in [-0.25, -0.2) is 4.79 Å². The highest BCUT2D eigenvalue weighted by atomic mass is 32.2. The van der Waals surface area contributed by atoms with E-state index in [1.54, 1.807) is 27.7 Å². The van der Waals surface area contributed by atoms with Crippen LogP contribution in [0.3, 0.4) is 0 Å². The van der Waals surface area contributed by atoms with E-state index in [2.05, 4.69) is 4.74 Å². The van der Waals surface area contributed by atoms with Crippen molar-refractivity contribution >= 4 is 16.1 Å². The maximum atomic E-state index is 12.1. The van der Waals surface area contributed by atoms with Gasteiger partial charge in [-0.2, -0.15) is 8.42 Å². The van der Waals surface area contributed by atoms with Gasteiger partial charge in [0.15, 0.2) is 11.6 Å². The minimum Gasteiger partial charge on any atom is -0.467 e. The fraction of sp³-hybridized carbons (Fsp3) is 0.929. The Morgan fingerprint density at radius 2 is 1.75 bits per heavy atom. The smallest absolute Gasteiger partial charge is 0.339 e. The molecule has 0 aromatic carbocycles. The number of rotatable bonds is 5. The van der Waals surface area contributed by atoms with E-state index in [1.807, 2.05) is 0 Å². The van der Waals surface area contributed by atoms with Gasteiger partial charge in [-0.1, -0.05) is 0 Å². The Kier molecular flexibility index (Phi) is 5.30. The second kappa shape index (κ2) is 6.50. The first-order valence-electron chi connectivity index (χ1n) is 7.47. The van der Waals surface area contributed by atoms with Crippen LogP contribution in [0.5, 0.6) is 0 Å². The molecule has 0 N–H and O–H groups in total. The van der Waals surface area contributed by atoms with Crippen molar-refractivity contribution in [2.24, 2.45) is 0 Å². The molecule has 0 unspecified atom stereocenters. The molecule has 0 amide bonds. The molecule has 2 fully saturated rings. The fourth-order valence-corrected chi connectivity index (χ4v) is 3.31. The monoisotopic (exact) mass is 368 g/mol. The molecule has 0 aliphatic carbocycles. The number of hydrogen-bond acceptors (Lipinski definition) is 9. The van der Waals surface area contributed by atoms with E-state index in [0.717, 1.165) is 13.4 Å². The summed E-state index contributed by atoms with van der Waals surface area (Å²) in [5.74, 6) is -2.75.